The number of carbonyl (C=O) groups excluding carboxylic acids is 2. The monoisotopic (exact) mass is 686 g/mol. The summed E-state index contributed by atoms with van der Waals surface area (Å²) in [5, 5.41) is 6.58. The molecule has 232 valence electrons. The van der Waals surface area contributed by atoms with E-state index in [1.165, 1.54) is 4.52 Å². The molecule has 1 aromatic carbocycles. The third kappa shape index (κ3) is 6.13. The minimum absolute atomic E-state index is 0.0206. The van der Waals surface area contributed by atoms with E-state index < -0.39 is 34.8 Å². The van der Waals surface area contributed by atoms with Gasteiger partial charge in [0.2, 0.25) is 16.4 Å². The Hall–Kier alpha value is -3.13. The molecule has 1 unspecified atom stereocenters. The van der Waals surface area contributed by atoms with Crippen LogP contribution in [0.1, 0.15) is 76.1 Å². The van der Waals surface area contributed by atoms with Crippen molar-refractivity contribution in [2.75, 3.05) is 18.4 Å². The van der Waals surface area contributed by atoms with E-state index >= 15 is 0 Å². The number of nitrogens with one attached hydrogen (secondary N) is 1. The summed E-state index contributed by atoms with van der Waals surface area (Å²) in [6.45, 7) is 7.90. The number of rotatable bonds is 3. The Morgan fingerprint density at radius 3 is 2.47 bits per heavy atom. The lowest BCUT2D eigenvalue weighted by molar-refractivity contribution is -0.137. The van der Waals surface area contributed by atoms with Gasteiger partial charge >= 0.3 is 12.3 Å². The topological polar surface area (TPSA) is 111 Å². The van der Waals surface area contributed by atoms with Crippen molar-refractivity contribution < 1.29 is 27.5 Å². The fourth-order valence-corrected chi connectivity index (χ4v) is 6.58. The summed E-state index contributed by atoms with van der Waals surface area (Å²) < 4.78 is 47.8. The highest BCUT2D eigenvalue weighted by Crippen LogP contribution is 2.47. The number of carbonyl (C=O) groups is 2. The average molecular weight is 688 g/mol. The van der Waals surface area contributed by atoms with Gasteiger partial charge in [0.15, 0.2) is 0 Å². The molecule has 2 aliphatic rings. The number of halogens is 5. The highest BCUT2D eigenvalue weighted by atomic mass is 79.9. The van der Waals surface area contributed by atoms with E-state index in [9.17, 15) is 27.6 Å². The van der Waals surface area contributed by atoms with Gasteiger partial charge in [-0.2, -0.15) is 22.7 Å². The summed E-state index contributed by atoms with van der Waals surface area (Å²) in [5.74, 6) is -0.528. The van der Waals surface area contributed by atoms with Crippen LogP contribution in [0, 0.1) is 0 Å². The highest BCUT2D eigenvalue weighted by Gasteiger charge is 2.46. The summed E-state index contributed by atoms with van der Waals surface area (Å²) in [6, 6.07) is 2.69. The van der Waals surface area contributed by atoms with Crippen LogP contribution >= 0.6 is 27.5 Å². The predicted molar refractivity (Wildman–Crippen MR) is 156 cm³/mol. The van der Waals surface area contributed by atoms with E-state index in [0.29, 0.717) is 43.6 Å². The Balaban J connectivity index is 1.51. The zero-order valence-corrected chi connectivity index (χ0v) is 26.4. The third-order valence-electron chi connectivity index (χ3n) is 8.06. The number of alkyl halides is 3. The molecule has 15 heteroatoms. The van der Waals surface area contributed by atoms with Crippen molar-refractivity contribution in [1.29, 1.82) is 0 Å². The van der Waals surface area contributed by atoms with Crippen LogP contribution in [0.25, 0.3) is 5.78 Å². The van der Waals surface area contributed by atoms with Gasteiger partial charge in [0.25, 0.3) is 5.56 Å². The second-order valence-electron chi connectivity index (χ2n) is 12.2. The number of nitrogens with zero attached hydrogens (tertiary/aromatic N) is 5. The summed E-state index contributed by atoms with van der Waals surface area (Å²) in [7, 11) is 0. The van der Waals surface area contributed by atoms with E-state index in [1.54, 1.807) is 30.2 Å². The van der Waals surface area contributed by atoms with Crippen LogP contribution in [0.15, 0.2) is 27.7 Å². The lowest BCUT2D eigenvalue weighted by Crippen LogP contribution is -2.51. The molecule has 3 heterocycles. The normalized spacial score (nSPS) is 18.5. The zero-order chi connectivity index (χ0) is 31.5. The molecule has 1 saturated heterocycles. The van der Waals surface area contributed by atoms with Crippen LogP contribution in [-0.2, 0) is 27.7 Å². The van der Waals surface area contributed by atoms with Gasteiger partial charge in [0, 0.05) is 29.8 Å². The van der Waals surface area contributed by atoms with E-state index in [2.05, 4.69) is 31.3 Å². The molecule has 2 aromatic heterocycles. The molecule has 1 spiro atoms. The molecule has 0 bridgehead atoms. The van der Waals surface area contributed by atoms with Crippen molar-refractivity contribution >= 4 is 51.0 Å². The number of piperidine rings is 1. The first kappa shape index (κ1) is 31.3. The molecule has 10 nitrogen and oxygen atoms in total. The second kappa shape index (κ2) is 11.1. The van der Waals surface area contributed by atoms with Gasteiger partial charge in [-0.1, -0.05) is 18.5 Å². The smallest absolute Gasteiger partial charge is 0.416 e. The van der Waals surface area contributed by atoms with Gasteiger partial charge in [-0.15, -0.1) is 5.10 Å². The number of hydrogen-bond acceptors (Lipinski definition) is 6. The lowest BCUT2D eigenvalue weighted by atomic mass is 9.64. The molecule has 1 atom stereocenters. The predicted octanol–water partition coefficient (Wildman–Crippen LogP) is 6.13. The van der Waals surface area contributed by atoms with E-state index in [-0.39, 0.29) is 39.2 Å². The Morgan fingerprint density at radius 2 is 1.86 bits per heavy atom. The molecule has 2 amide bonds. The summed E-state index contributed by atoms with van der Waals surface area (Å²) in [4.78, 5) is 46.1. The molecule has 5 rings (SSSR count). The van der Waals surface area contributed by atoms with E-state index in [0.717, 1.165) is 24.6 Å². The maximum absolute atomic E-state index is 14.0. The molecule has 1 aliphatic heterocycles. The minimum Gasteiger partial charge on any atom is -0.444 e. The number of hydrogen-bond donors (Lipinski definition) is 1. The van der Waals surface area contributed by atoms with Gasteiger partial charge in [0.05, 0.1) is 16.3 Å². The molecule has 3 aromatic rings. The minimum atomic E-state index is -4.58. The maximum Gasteiger partial charge on any atom is 0.416 e. The number of likely N-dealkylation sites (tertiary alicyclic amines) is 1. The lowest BCUT2D eigenvalue weighted by Gasteiger charge is -2.46. The maximum atomic E-state index is 14.0. The number of amides is 2. The largest absolute Gasteiger partial charge is 0.444 e. The number of aromatic nitrogens is 4. The molecule has 43 heavy (non-hydrogen) atoms. The number of benzene rings is 1. The Kier molecular flexibility index (Phi) is 8.08. The third-order valence-corrected chi connectivity index (χ3v) is 8.70. The summed E-state index contributed by atoms with van der Waals surface area (Å²) in [5.41, 5.74) is -1.24. The average Bonchev–Trinajstić information content (AvgIpc) is 3.30. The van der Waals surface area contributed by atoms with Gasteiger partial charge in [-0.3, -0.25) is 9.59 Å². The van der Waals surface area contributed by atoms with Gasteiger partial charge in [-0.05, 0) is 86.5 Å². The second-order valence-corrected chi connectivity index (χ2v) is 13.3. The van der Waals surface area contributed by atoms with Crippen LogP contribution in [0.4, 0.5) is 23.7 Å². The summed E-state index contributed by atoms with van der Waals surface area (Å²) >= 11 is 9.32. The highest BCUT2D eigenvalue weighted by molar-refractivity contribution is 9.10. The van der Waals surface area contributed by atoms with E-state index in [4.69, 9.17) is 16.3 Å². The van der Waals surface area contributed by atoms with Gasteiger partial charge in [0.1, 0.15) is 12.1 Å². The Labute approximate surface area is 258 Å². The van der Waals surface area contributed by atoms with Crippen molar-refractivity contribution in [3.05, 3.63) is 55.1 Å². The molecule has 1 aliphatic carbocycles. The molecular formula is C28H31BrClF3N6O4. The molecule has 1 N–H and O–H groups in total. The first-order chi connectivity index (χ1) is 20.0. The van der Waals surface area contributed by atoms with Crippen molar-refractivity contribution in [3.63, 3.8) is 0 Å². The first-order valence-corrected chi connectivity index (χ1v) is 15.0. The molecular weight excluding hydrogens is 657 g/mol. The van der Waals surface area contributed by atoms with Crippen LogP contribution < -0.4 is 10.9 Å². The van der Waals surface area contributed by atoms with Crippen molar-refractivity contribution in [2.24, 2.45) is 0 Å². The standard InChI is InChI=1S/C28H31BrClF3N6O4/c1-15-7-8-27(9-11-37(12-10-27)25(42)43-26(2,3)4)20-21(15)38(24-35-23(29)36-39(24)22(20)41)14-19(40)34-18-6-5-16(13-17(18)30)28(31,32)33/h5-6,13,15H,7-12,14H2,1-4H3,(H,34,40). The van der Waals surface area contributed by atoms with Crippen molar-refractivity contribution in [2.45, 2.75) is 83.0 Å². The first-order valence-electron chi connectivity index (χ1n) is 13.8. The molecule has 1 fully saturated rings. The van der Waals surface area contributed by atoms with Gasteiger partial charge < -0.3 is 19.5 Å². The van der Waals surface area contributed by atoms with Crippen LogP contribution in [0.2, 0.25) is 5.02 Å². The quantitative estimate of drug-likeness (QED) is 0.355. The molecule has 0 radical (unpaired) electrons. The fourth-order valence-electron chi connectivity index (χ4n) is 6.04. The van der Waals surface area contributed by atoms with E-state index in [1.807, 2.05) is 6.92 Å². The Bertz CT molecular complexity index is 1660. The van der Waals surface area contributed by atoms with Crippen LogP contribution in [0.5, 0.6) is 0 Å². The number of fused-ring (bicyclic) bond motifs is 3. The van der Waals surface area contributed by atoms with Gasteiger partial charge in [-0.25, -0.2) is 4.79 Å². The number of ether oxygens (including phenoxy) is 1. The fraction of sp³-hybridized carbons (Fsp3) is 0.536. The van der Waals surface area contributed by atoms with Crippen molar-refractivity contribution in [1.82, 2.24) is 24.1 Å². The SMILES string of the molecule is CC1CCC2(CCN(C(=O)OC(C)(C)C)CC2)c2c1n(CC(=O)Nc1ccc(C(F)(F)F)cc1Cl)c1nc(Br)nn1c2=O. The molecule has 0 saturated carbocycles. The van der Waals surface area contributed by atoms with Crippen LogP contribution in [0.3, 0.4) is 0 Å². The Morgan fingerprint density at radius 1 is 1.19 bits per heavy atom. The zero-order valence-electron chi connectivity index (χ0n) is 24.0. The van der Waals surface area contributed by atoms with Crippen LogP contribution in [-0.4, -0.2) is 54.8 Å². The number of anilines is 1. The van der Waals surface area contributed by atoms with Crippen molar-refractivity contribution in [3.8, 4) is 0 Å². The summed E-state index contributed by atoms with van der Waals surface area (Å²) in [6.07, 6.45) is -2.49.